The number of carbonyl (C=O) groups excluding carboxylic acids is 2. The van der Waals surface area contributed by atoms with Gasteiger partial charge in [0, 0.05) is 17.1 Å². The first-order valence-electron chi connectivity index (χ1n) is 9.24. The Morgan fingerprint density at radius 3 is 2.41 bits per heavy atom. The van der Waals surface area contributed by atoms with Gasteiger partial charge < -0.3 is 20.1 Å². The van der Waals surface area contributed by atoms with Crippen molar-refractivity contribution in [3.63, 3.8) is 0 Å². The summed E-state index contributed by atoms with van der Waals surface area (Å²) in [4.78, 5) is 30.6. The first-order chi connectivity index (χ1) is 13.9. The van der Waals surface area contributed by atoms with Crippen LogP contribution in [0.25, 0.3) is 0 Å². The molecule has 2 heterocycles. The third kappa shape index (κ3) is 3.48. The smallest absolute Gasteiger partial charge is 0.337 e. The summed E-state index contributed by atoms with van der Waals surface area (Å²) in [6.07, 6.45) is 0. The highest BCUT2D eigenvalue weighted by atomic mass is 32.1. The summed E-state index contributed by atoms with van der Waals surface area (Å²) in [6, 6.07) is 8.22. The van der Waals surface area contributed by atoms with E-state index in [4.69, 9.17) is 9.47 Å². The van der Waals surface area contributed by atoms with Crippen molar-refractivity contribution in [2.45, 2.75) is 38.3 Å². The van der Waals surface area contributed by atoms with Crippen molar-refractivity contribution < 1.29 is 19.1 Å². The van der Waals surface area contributed by atoms with E-state index in [0.717, 1.165) is 11.3 Å². The van der Waals surface area contributed by atoms with E-state index in [2.05, 4.69) is 15.6 Å². The van der Waals surface area contributed by atoms with E-state index < -0.39 is 23.4 Å². The van der Waals surface area contributed by atoms with Crippen LogP contribution in [-0.4, -0.2) is 43.2 Å². The number of ether oxygens (including phenoxy) is 2. The summed E-state index contributed by atoms with van der Waals surface area (Å²) in [5, 5.41) is 9.15. The molecule has 0 radical (unpaired) electrons. The van der Waals surface area contributed by atoms with Crippen LogP contribution in [0.3, 0.4) is 0 Å². The molecule has 0 saturated carbocycles. The molecule has 7 nitrogen and oxygen atoms in total. The molecule has 3 rings (SSSR count). The van der Waals surface area contributed by atoms with Gasteiger partial charge in [-0.2, -0.15) is 0 Å². The van der Waals surface area contributed by atoms with E-state index in [1.54, 1.807) is 6.92 Å². The second-order valence-corrected chi connectivity index (χ2v) is 7.85. The molecule has 1 aliphatic heterocycles. The Labute approximate surface area is 174 Å². The van der Waals surface area contributed by atoms with E-state index >= 15 is 0 Å². The zero-order chi connectivity index (χ0) is 21.2. The zero-order valence-corrected chi connectivity index (χ0v) is 17.9. The number of rotatable bonds is 5. The summed E-state index contributed by atoms with van der Waals surface area (Å²) in [5.41, 5.74) is 1.34. The summed E-state index contributed by atoms with van der Waals surface area (Å²) in [7, 11) is 2.68. The number of anilines is 1. The van der Waals surface area contributed by atoms with Gasteiger partial charge in [-0.25, -0.2) is 9.78 Å². The number of methoxy groups -OCH3 is 2. The molecule has 0 fully saturated rings. The third-order valence-corrected chi connectivity index (χ3v) is 6.22. The maximum atomic E-state index is 13.4. The molecule has 1 aromatic carbocycles. The Balaban J connectivity index is 2.29. The zero-order valence-electron chi connectivity index (χ0n) is 17.1. The summed E-state index contributed by atoms with van der Waals surface area (Å²) >= 11 is 1.41. The van der Waals surface area contributed by atoms with E-state index in [-0.39, 0.29) is 6.04 Å². The number of hydrogen-bond acceptors (Lipinski definition) is 8. The normalized spacial score (nSPS) is 23.9. The Morgan fingerprint density at radius 1 is 1.17 bits per heavy atom. The number of nitrogens with zero attached hydrogens (tertiary/aromatic N) is 1. The van der Waals surface area contributed by atoms with E-state index in [1.807, 2.05) is 49.6 Å². The van der Waals surface area contributed by atoms with Gasteiger partial charge in [-0.05, 0) is 26.3 Å². The van der Waals surface area contributed by atoms with Crippen LogP contribution in [0.2, 0.25) is 0 Å². The number of allylic oxidation sites excluding steroid dienone is 1. The van der Waals surface area contributed by atoms with Crippen LogP contribution in [0.4, 0.5) is 5.13 Å². The first-order valence-corrected chi connectivity index (χ1v) is 10.1. The highest BCUT2D eigenvalue weighted by molar-refractivity contribution is 7.13. The number of thiazole rings is 1. The molecule has 0 spiro atoms. The molecule has 0 aliphatic carbocycles. The quantitative estimate of drug-likeness (QED) is 0.726. The van der Waals surface area contributed by atoms with Crippen LogP contribution in [-0.2, 0) is 24.5 Å². The standard InChI is InChI=1S/C21H25N3O4S/c1-12-11-29-20(22-12)24-17-16(18(25)27-4)13(2)23-14(3)21(17,19(26)28-5)15-9-7-6-8-10-15/h6-11,14,17,23H,1-5H3,(H,22,24). The van der Waals surface area contributed by atoms with Crippen molar-refractivity contribution in [2.24, 2.45) is 0 Å². The van der Waals surface area contributed by atoms with Crippen molar-refractivity contribution in [2.75, 3.05) is 19.5 Å². The minimum atomic E-state index is -1.22. The van der Waals surface area contributed by atoms with Crippen LogP contribution in [0, 0.1) is 6.92 Å². The van der Waals surface area contributed by atoms with E-state index in [0.29, 0.717) is 16.4 Å². The fourth-order valence-corrected chi connectivity index (χ4v) is 4.75. The lowest BCUT2D eigenvalue weighted by Crippen LogP contribution is -2.65. The molecule has 29 heavy (non-hydrogen) atoms. The minimum Gasteiger partial charge on any atom is -0.468 e. The molecule has 0 amide bonds. The van der Waals surface area contributed by atoms with Crippen LogP contribution in [0.15, 0.2) is 47.0 Å². The highest BCUT2D eigenvalue weighted by Gasteiger charge is 2.58. The Hall–Kier alpha value is -2.87. The number of benzene rings is 1. The second kappa shape index (κ2) is 8.24. The molecule has 0 saturated heterocycles. The van der Waals surface area contributed by atoms with Crippen LogP contribution >= 0.6 is 11.3 Å². The molecule has 2 N–H and O–H groups in total. The van der Waals surface area contributed by atoms with E-state index in [9.17, 15) is 9.59 Å². The number of hydrogen-bond donors (Lipinski definition) is 2. The van der Waals surface area contributed by atoms with Crippen molar-refractivity contribution in [1.29, 1.82) is 0 Å². The predicted molar refractivity (Wildman–Crippen MR) is 112 cm³/mol. The number of aryl methyl sites for hydroxylation is 1. The maximum Gasteiger partial charge on any atom is 0.337 e. The molecule has 1 aliphatic rings. The lowest BCUT2D eigenvalue weighted by molar-refractivity contribution is -0.149. The minimum absolute atomic E-state index is 0.340. The Bertz CT molecular complexity index is 940. The van der Waals surface area contributed by atoms with Gasteiger partial charge in [-0.1, -0.05) is 30.3 Å². The van der Waals surface area contributed by atoms with Crippen molar-refractivity contribution >= 4 is 28.4 Å². The van der Waals surface area contributed by atoms with Gasteiger partial charge in [0.2, 0.25) is 0 Å². The average Bonchev–Trinajstić information content (AvgIpc) is 3.13. The lowest BCUT2D eigenvalue weighted by atomic mass is 9.64. The molecular formula is C21H25N3O4S. The summed E-state index contributed by atoms with van der Waals surface area (Å²) in [6.45, 7) is 5.60. The van der Waals surface area contributed by atoms with Gasteiger partial charge in [-0.3, -0.25) is 4.79 Å². The molecule has 3 atom stereocenters. The van der Waals surface area contributed by atoms with Crippen LogP contribution in [0.5, 0.6) is 0 Å². The number of nitrogens with one attached hydrogen (secondary N) is 2. The average molecular weight is 416 g/mol. The fraction of sp³-hybridized carbons (Fsp3) is 0.381. The van der Waals surface area contributed by atoms with Gasteiger partial charge in [0.05, 0.1) is 31.5 Å². The van der Waals surface area contributed by atoms with Crippen LogP contribution in [0.1, 0.15) is 25.1 Å². The van der Waals surface area contributed by atoms with Crippen LogP contribution < -0.4 is 10.6 Å². The van der Waals surface area contributed by atoms with Gasteiger partial charge in [0.15, 0.2) is 5.13 Å². The summed E-state index contributed by atoms with van der Waals surface area (Å²) in [5.74, 6) is -0.972. The van der Waals surface area contributed by atoms with Gasteiger partial charge in [-0.15, -0.1) is 11.3 Å². The van der Waals surface area contributed by atoms with Crippen molar-refractivity contribution in [1.82, 2.24) is 10.3 Å². The molecule has 8 heteroatoms. The number of aromatic nitrogens is 1. The van der Waals surface area contributed by atoms with Crippen molar-refractivity contribution in [3.05, 3.63) is 58.2 Å². The Morgan fingerprint density at radius 2 is 1.86 bits per heavy atom. The predicted octanol–water partition coefficient (Wildman–Crippen LogP) is 2.78. The summed E-state index contributed by atoms with van der Waals surface area (Å²) < 4.78 is 10.3. The molecule has 0 bridgehead atoms. The number of esters is 2. The SMILES string of the molecule is COC(=O)C1=C(C)NC(C)C(C(=O)OC)(c2ccccc2)C1Nc1nc(C)cs1. The molecule has 1 aromatic heterocycles. The van der Waals surface area contributed by atoms with Gasteiger partial charge in [0.25, 0.3) is 0 Å². The molecule has 154 valence electrons. The topological polar surface area (TPSA) is 89.5 Å². The first kappa shape index (κ1) is 20.9. The molecule has 2 aromatic rings. The van der Waals surface area contributed by atoms with Gasteiger partial charge >= 0.3 is 11.9 Å². The second-order valence-electron chi connectivity index (χ2n) is 6.99. The maximum absolute atomic E-state index is 13.4. The fourth-order valence-electron chi connectivity index (χ4n) is 4.03. The Kier molecular flexibility index (Phi) is 5.93. The monoisotopic (exact) mass is 415 g/mol. The third-order valence-electron chi connectivity index (χ3n) is 5.33. The number of carbonyl (C=O) groups is 2. The van der Waals surface area contributed by atoms with Crippen molar-refractivity contribution in [3.8, 4) is 0 Å². The largest absolute Gasteiger partial charge is 0.468 e. The lowest BCUT2D eigenvalue weighted by Gasteiger charge is -2.47. The molecular weight excluding hydrogens is 390 g/mol. The van der Waals surface area contributed by atoms with E-state index in [1.165, 1.54) is 25.6 Å². The highest BCUT2D eigenvalue weighted by Crippen LogP contribution is 2.42. The van der Waals surface area contributed by atoms with Gasteiger partial charge in [0.1, 0.15) is 5.41 Å². The molecule has 3 unspecified atom stereocenters.